The summed E-state index contributed by atoms with van der Waals surface area (Å²) in [6.45, 7) is 6.28. The molecule has 11 nitrogen and oxygen atoms in total. The Kier molecular flexibility index (Phi) is 8.38. The molecule has 2 aliphatic heterocycles. The van der Waals surface area contributed by atoms with Gasteiger partial charge >= 0.3 is 6.18 Å². The summed E-state index contributed by atoms with van der Waals surface area (Å²) in [6.07, 6.45) is 1.64. The van der Waals surface area contributed by atoms with Gasteiger partial charge in [0.25, 0.3) is 11.7 Å². The summed E-state index contributed by atoms with van der Waals surface area (Å²) in [5.41, 5.74) is 0.476. The van der Waals surface area contributed by atoms with Crippen LogP contribution in [0.5, 0.6) is 0 Å². The summed E-state index contributed by atoms with van der Waals surface area (Å²) < 4.78 is 50.1. The SMILES string of the molecule is CCn1nccc1C(=O)N[C@@H](CCC1(C(F)(F)F)CC1)c1cn2nc(C[C@H]3C[C@H](C)CNC3=O)c(C3CCOCC3)nc2n1. The van der Waals surface area contributed by atoms with Gasteiger partial charge in [-0.05, 0) is 63.9 Å². The Morgan fingerprint density at radius 3 is 2.73 bits per heavy atom. The topological polar surface area (TPSA) is 128 Å². The number of piperidine rings is 1. The molecule has 2 N–H and O–H groups in total. The monoisotopic (exact) mass is 616 g/mol. The molecular weight excluding hydrogens is 577 g/mol. The Morgan fingerprint density at radius 1 is 1.25 bits per heavy atom. The third-order valence-corrected chi connectivity index (χ3v) is 9.44. The molecule has 3 atom stereocenters. The summed E-state index contributed by atoms with van der Waals surface area (Å²) in [4.78, 5) is 35.7. The number of aromatic nitrogens is 6. The second kappa shape index (κ2) is 12.1. The summed E-state index contributed by atoms with van der Waals surface area (Å²) in [7, 11) is 0. The fraction of sp³-hybridized carbons (Fsp3) is 0.667. The molecule has 2 amide bonds. The van der Waals surface area contributed by atoms with Crippen molar-refractivity contribution in [1.29, 1.82) is 0 Å². The van der Waals surface area contributed by atoms with Gasteiger partial charge in [-0.2, -0.15) is 23.4 Å². The molecule has 14 heteroatoms. The zero-order chi connectivity index (χ0) is 31.1. The van der Waals surface area contributed by atoms with Crippen molar-refractivity contribution in [1.82, 2.24) is 40.0 Å². The maximum Gasteiger partial charge on any atom is 0.394 e. The van der Waals surface area contributed by atoms with E-state index in [1.54, 1.807) is 12.3 Å². The highest BCUT2D eigenvalue weighted by Crippen LogP contribution is 2.61. The molecular formula is C30H39F3N8O3. The van der Waals surface area contributed by atoms with E-state index in [0.29, 0.717) is 61.5 Å². The standard InChI is InChI=1S/C30H39F3N8O3/c1-3-40-24(5-11-35-40)27(43)36-21(4-8-29(9-10-29)30(31,32)33)23-17-41-28(37-23)38-25(19-6-12-44-13-7-19)22(39-41)15-20-14-18(2)16-34-26(20)42/h5,11,17-21H,3-4,6-10,12-16H2,1-2H3,(H,34,42)(H,36,43)/t18-,20+,21-/m0/s1. The van der Waals surface area contributed by atoms with Crippen LogP contribution in [0.3, 0.4) is 0 Å². The highest BCUT2D eigenvalue weighted by molar-refractivity contribution is 5.92. The van der Waals surface area contributed by atoms with E-state index >= 15 is 0 Å². The maximum atomic E-state index is 13.8. The first-order valence-electron chi connectivity index (χ1n) is 15.6. The molecule has 238 valence electrons. The number of carbonyl (C=O) groups excluding carboxylic acids is 2. The predicted molar refractivity (Wildman–Crippen MR) is 153 cm³/mol. The van der Waals surface area contributed by atoms with Crippen molar-refractivity contribution < 1.29 is 27.5 Å². The van der Waals surface area contributed by atoms with Crippen LogP contribution in [0.2, 0.25) is 0 Å². The Hall–Kier alpha value is -3.55. The van der Waals surface area contributed by atoms with Crippen LogP contribution < -0.4 is 10.6 Å². The molecule has 5 heterocycles. The molecule has 6 rings (SSSR count). The Labute approximate surface area is 253 Å². The number of imidazole rings is 1. The van der Waals surface area contributed by atoms with Gasteiger partial charge in [-0.1, -0.05) is 6.92 Å². The van der Waals surface area contributed by atoms with Gasteiger partial charge in [-0.25, -0.2) is 14.5 Å². The Morgan fingerprint density at radius 2 is 2.02 bits per heavy atom. The molecule has 3 aliphatic rings. The number of hydrogen-bond donors (Lipinski definition) is 2. The molecule has 3 aromatic rings. The zero-order valence-corrected chi connectivity index (χ0v) is 25.1. The summed E-state index contributed by atoms with van der Waals surface area (Å²) in [5.74, 6) is 0.0702. The van der Waals surface area contributed by atoms with Gasteiger partial charge in [0.1, 0.15) is 5.69 Å². The van der Waals surface area contributed by atoms with Crippen LogP contribution >= 0.6 is 0 Å². The van der Waals surface area contributed by atoms with Crippen molar-refractivity contribution in [2.45, 2.75) is 89.9 Å². The van der Waals surface area contributed by atoms with Crippen LogP contribution in [-0.4, -0.2) is 67.1 Å². The number of amides is 2. The number of aryl methyl sites for hydroxylation is 1. The summed E-state index contributed by atoms with van der Waals surface area (Å²) >= 11 is 0. The average Bonchev–Trinajstić information content (AvgIpc) is 3.47. The van der Waals surface area contributed by atoms with E-state index in [1.165, 1.54) is 15.4 Å². The normalized spacial score (nSPS) is 23.0. The van der Waals surface area contributed by atoms with Crippen molar-refractivity contribution in [3.8, 4) is 0 Å². The van der Waals surface area contributed by atoms with E-state index in [4.69, 9.17) is 19.8 Å². The molecule has 44 heavy (non-hydrogen) atoms. The number of rotatable bonds is 10. The van der Waals surface area contributed by atoms with Gasteiger partial charge in [-0.3, -0.25) is 14.3 Å². The first kappa shape index (κ1) is 30.5. The molecule has 0 aromatic carbocycles. The van der Waals surface area contributed by atoms with Gasteiger partial charge in [0.05, 0.1) is 34.7 Å². The van der Waals surface area contributed by atoms with E-state index < -0.39 is 23.5 Å². The van der Waals surface area contributed by atoms with Crippen molar-refractivity contribution in [2.75, 3.05) is 19.8 Å². The lowest BCUT2D eigenvalue weighted by molar-refractivity contribution is -0.189. The van der Waals surface area contributed by atoms with Gasteiger partial charge < -0.3 is 15.4 Å². The molecule has 0 spiro atoms. The van der Waals surface area contributed by atoms with Crippen LogP contribution in [0.1, 0.15) is 98.3 Å². The van der Waals surface area contributed by atoms with E-state index in [9.17, 15) is 22.8 Å². The quantitative estimate of drug-likeness (QED) is 0.350. The number of hydrogen-bond acceptors (Lipinski definition) is 7. The molecule has 0 radical (unpaired) electrons. The number of fused-ring (bicyclic) bond motifs is 1. The molecule has 1 aliphatic carbocycles. The lowest BCUT2D eigenvalue weighted by Gasteiger charge is -2.28. The fourth-order valence-electron chi connectivity index (χ4n) is 6.55. The lowest BCUT2D eigenvalue weighted by Crippen LogP contribution is -2.41. The van der Waals surface area contributed by atoms with E-state index in [0.717, 1.165) is 25.0 Å². The van der Waals surface area contributed by atoms with Gasteiger partial charge in [0.2, 0.25) is 5.91 Å². The van der Waals surface area contributed by atoms with E-state index in [2.05, 4.69) is 22.7 Å². The Balaban J connectivity index is 1.34. The molecule has 3 aromatic heterocycles. The van der Waals surface area contributed by atoms with Crippen molar-refractivity contribution in [3.63, 3.8) is 0 Å². The second-order valence-corrected chi connectivity index (χ2v) is 12.6. The molecule has 1 saturated carbocycles. The number of nitrogens with one attached hydrogen (secondary N) is 2. The van der Waals surface area contributed by atoms with Crippen LogP contribution in [0.15, 0.2) is 18.5 Å². The molecule has 0 bridgehead atoms. The van der Waals surface area contributed by atoms with Crippen LogP contribution in [-0.2, 0) is 22.5 Å². The Bertz CT molecular complexity index is 1510. The molecule has 2 saturated heterocycles. The van der Waals surface area contributed by atoms with Crippen molar-refractivity contribution >= 4 is 17.6 Å². The minimum atomic E-state index is -4.30. The van der Waals surface area contributed by atoms with E-state index in [-0.39, 0.29) is 43.4 Å². The summed E-state index contributed by atoms with van der Waals surface area (Å²) in [5, 5.41) is 14.9. The van der Waals surface area contributed by atoms with Gasteiger partial charge in [-0.15, -0.1) is 0 Å². The minimum Gasteiger partial charge on any atom is -0.381 e. The van der Waals surface area contributed by atoms with Crippen molar-refractivity contribution in [2.24, 2.45) is 17.3 Å². The number of halogens is 3. The first-order chi connectivity index (χ1) is 21.1. The highest BCUT2D eigenvalue weighted by atomic mass is 19.4. The first-order valence-corrected chi connectivity index (χ1v) is 15.6. The fourth-order valence-corrected chi connectivity index (χ4v) is 6.55. The van der Waals surface area contributed by atoms with Gasteiger partial charge in [0.15, 0.2) is 0 Å². The second-order valence-electron chi connectivity index (χ2n) is 12.6. The highest BCUT2D eigenvalue weighted by Gasteiger charge is 2.62. The van der Waals surface area contributed by atoms with Gasteiger partial charge in [0, 0.05) is 50.8 Å². The predicted octanol–water partition coefficient (Wildman–Crippen LogP) is 4.14. The largest absolute Gasteiger partial charge is 0.394 e. The number of ether oxygens (including phenoxy) is 1. The lowest BCUT2D eigenvalue weighted by atomic mass is 9.85. The smallest absolute Gasteiger partial charge is 0.381 e. The maximum absolute atomic E-state index is 13.8. The van der Waals surface area contributed by atoms with Crippen LogP contribution in [0, 0.1) is 17.3 Å². The number of nitrogens with zero attached hydrogens (tertiary/aromatic N) is 6. The minimum absolute atomic E-state index is 0.00186. The van der Waals surface area contributed by atoms with Crippen molar-refractivity contribution in [3.05, 3.63) is 41.2 Å². The molecule has 3 fully saturated rings. The van der Waals surface area contributed by atoms with E-state index in [1.807, 2.05) is 6.92 Å². The number of alkyl halides is 3. The van der Waals surface area contributed by atoms with Crippen LogP contribution in [0.4, 0.5) is 13.2 Å². The molecule has 0 unspecified atom stereocenters. The third-order valence-electron chi connectivity index (χ3n) is 9.44. The average molecular weight is 617 g/mol. The van der Waals surface area contributed by atoms with Crippen LogP contribution in [0.25, 0.3) is 5.78 Å². The zero-order valence-electron chi connectivity index (χ0n) is 25.1. The number of carbonyl (C=O) groups is 2. The summed E-state index contributed by atoms with van der Waals surface area (Å²) in [6, 6.07) is 0.779. The third kappa shape index (κ3) is 6.18.